The monoisotopic (exact) mass is 364 g/mol. The standard InChI is InChI=1S/C16H17FN4O3S/c17-13-2-1-3-15(12-13)25(23,24)21-10-8-20(9-11-21)16(22)19-14-4-6-18-7-5-14/h1-7,12H,8-11H2,(H,18,19,22). The number of carbonyl (C=O) groups excluding carboxylic acids is 1. The second kappa shape index (κ2) is 7.16. The van der Waals surface area contributed by atoms with Gasteiger partial charge in [-0.2, -0.15) is 4.31 Å². The molecule has 0 radical (unpaired) electrons. The van der Waals surface area contributed by atoms with E-state index in [4.69, 9.17) is 0 Å². The molecule has 1 fully saturated rings. The van der Waals surface area contributed by atoms with E-state index in [0.29, 0.717) is 5.69 Å². The van der Waals surface area contributed by atoms with Crippen molar-refractivity contribution < 1.29 is 17.6 Å². The lowest BCUT2D eigenvalue weighted by molar-refractivity contribution is 0.184. The largest absolute Gasteiger partial charge is 0.322 e. The number of pyridine rings is 1. The number of rotatable bonds is 3. The summed E-state index contributed by atoms with van der Waals surface area (Å²) in [5, 5.41) is 2.73. The molecule has 0 bridgehead atoms. The van der Waals surface area contributed by atoms with Crippen LogP contribution in [0.2, 0.25) is 0 Å². The van der Waals surface area contributed by atoms with Crippen molar-refractivity contribution in [3.05, 3.63) is 54.6 Å². The van der Waals surface area contributed by atoms with Crippen LogP contribution < -0.4 is 5.32 Å². The molecule has 1 aliphatic rings. The number of amides is 2. The van der Waals surface area contributed by atoms with Gasteiger partial charge in [-0.25, -0.2) is 17.6 Å². The highest BCUT2D eigenvalue weighted by Crippen LogP contribution is 2.18. The first kappa shape index (κ1) is 17.3. The number of piperazine rings is 1. The fraction of sp³-hybridized carbons (Fsp3) is 0.250. The smallest absolute Gasteiger partial charge is 0.321 e. The Morgan fingerprint density at radius 1 is 1.08 bits per heavy atom. The summed E-state index contributed by atoms with van der Waals surface area (Å²) in [6.07, 6.45) is 3.14. The Hall–Kier alpha value is -2.52. The Morgan fingerprint density at radius 2 is 1.76 bits per heavy atom. The normalized spacial score (nSPS) is 15.8. The summed E-state index contributed by atoms with van der Waals surface area (Å²) < 4.78 is 39.6. The molecule has 3 rings (SSSR count). The lowest BCUT2D eigenvalue weighted by Gasteiger charge is -2.34. The van der Waals surface area contributed by atoms with Gasteiger partial charge < -0.3 is 10.2 Å². The van der Waals surface area contributed by atoms with E-state index in [2.05, 4.69) is 10.3 Å². The van der Waals surface area contributed by atoms with Gasteiger partial charge in [0, 0.05) is 44.3 Å². The summed E-state index contributed by atoms with van der Waals surface area (Å²) in [6, 6.07) is 7.96. The molecule has 0 spiro atoms. The third-order valence-corrected chi connectivity index (χ3v) is 5.79. The Bertz CT molecular complexity index is 853. The van der Waals surface area contributed by atoms with Crippen LogP contribution in [0.1, 0.15) is 0 Å². The maximum Gasteiger partial charge on any atom is 0.321 e. The van der Waals surface area contributed by atoms with E-state index in [-0.39, 0.29) is 37.1 Å². The Balaban J connectivity index is 1.62. The van der Waals surface area contributed by atoms with E-state index in [9.17, 15) is 17.6 Å². The topological polar surface area (TPSA) is 82.6 Å². The number of nitrogens with zero attached hydrogens (tertiary/aromatic N) is 3. The van der Waals surface area contributed by atoms with Crippen molar-refractivity contribution in [2.24, 2.45) is 0 Å². The molecule has 0 saturated carbocycles. The average Bonchev–Trinajstić information content (AvgIpc) is 2.62. The predicted octanol–water partition coefficient (Wildman–Crippen LogP) is 1.76. The van der Waals surface area contributed by atoms with Crippen LogP contribution in [0.3, 0.4) is 0 Å². The molecule has 132 valence electrons. The van der Waals surface area contributed by atoms with Gasteiger partial charge in [-0.15, -0.1) is 0 Å². The number of hydrogen-bond donors (Lipinski definition) is 1. The number of benzene rings is 1. The number of nitrogens with one attached hydrogen (secondary N) is 1. The molecule has 1 aromatic heterocycles. The first-order valence-corrected chi connectivity index (χ1v) is 9.12. The number of carbonyl (C=O) groups is 1. The summed E-state index contributed by atoms with van der Waals surface area (Å²) in [4.78, 5) is 17.5. The molecule has 9 heteroatoms. The molecular weight excluding hydrogens is 347 g/mol. The van der Waals surface area contributed by atoms with E-state index >= 15 is 0 Å². The number of halogens is 1. The number of anilines is 1. The Kier molecular flexibility index (Phi) is 4.95. The van der Waals surface area contributed by atoms with Crippen molar-refractivity contribution in [2.75, 3.05) is 31.5 Å². The fourth-order valence-electron chi connectivity index (χ4n) is 2.55. The second-order valence-electron chi connectivity index (χ2n) is 5.51. The molecule has 2 aromatic rings. The maximum absolute atomic E-state index is 13.3. The zero-order valence-electron chi connectivity index (χ0n) is 13.3. The van der Waals surface area contributed by atoms with Gasteiger partial charge in [0.1, 0.15) is 5.82 Å². The molecular formula is C16H17FN4O3S. The number of sulfonamides is 1. The molecule has 0 aliphatic carbocycles. The summed E-state index contributed by atoms with van der Waals surface area (Å²) >= 11 is 0. The highest BCUT2D eigenvalue weighted by atomic mass is 32.2. The minimum absolute atomic E-state index is 0.0813. The zero-order valence-corrected chi connectivity index (χ0v) is 14.1. The Morgan fingerprint density at radius 3 is 2.40 bits per heavy atom. The van der Waals surface area contributed by atoms with Crippen LogP contribution in [0.15, 0.2) is 53.7 Å². The van der Waals surface area contributed by atoms with Crippen molar-refractivity contribution in [3.63, 3.8) is 0 Å². The van der Waals surface area contributed by atoms with E-state index in [1.54, 1.807) is 24.5 Å². The SMILES string of the molecule is O=C(Nc1ccncc1)N1CCN(S(=O)(=O)c2cccc(F)c2)CC1. The molecule has 2 amide bonds. The zero-order chi connectivity index (χ0) is 17.9. The molecule has 1 aromatic carbocycles. The van der Waals surface area contributed by atoms with E-state index in [0.717, 1.165) is 6.07 Å². The summed E-state index contributed by atoms with van der Waals surface area (Å²) in [6.45, 7) is 0.822. The van der Waals surface area contributed by atoms with Gasteiger partial charge in [0.2, 0.25) is 10.0 Å². The third kappa shape index (κ3) is 3.94. The van der Waals surface area contributed by atoms with Gasteiger partial charge in [0.05, 0.1) is 4.90 Å². The highest BCUT2D eigenvalue weighted by Gasteiger charge is 2.30. The Labute approximate surface area is 145 Å². The van der Waals surface area contributed by atoms with Crippen molar-refractivity contribution >= 4 is 21.7 Å². The van der Waals surface area contributed by atoms with E-state index < -0.39 is 15.8 Å². The third-order valence-electron chi connectivity index (χ3n) is 3.89. The van der Waals surface area contributed by atoms with Crippen molar-refractivity contribution in [1.82, 2.24) is 14.2 Å². The van der Waals surface area contributed by atoms with Crippen molar-refractivity contribution in [3.8, 4) is 0 Å². The van der Waals surface area contributed by atoms with Gasteiger partial charge in [-0.1, -0.05) is 6.07 Å². The minimum Gasteiger partial charge on any atom is -0.322 e. The van der Waals surface area contributed by atoms with Crippen LogP contribution in [-0.4, -0.2) is 54.8 Å². The minimum atomic E-state index is -3.77. The second-order valence-corrected chi connectivity index (χ2v) is 7.45. The first-order chi connectivity index (χ1) is 12.0. The maximum atomic E-state index is 13.3. The summed E-state index contributed by atoms with van der Waals surface area (Å²) in [5.74, 6) is -0.601. The average molecular weight is 364 g/mol. The van der Waals surface area contributed by atoms with Crippen molar-refractivity contribution in [2.45, 2.75) is 4.90 Å². The van der Waals surface area contributed by atoms with Gasteiger partial charge >= 0.3 is 6.03 Å². The number of urea groups is 1. The van der Waals surface area contributed by atoms with Crippen LogP contribution >= 0.6 is 0 Å². The van der Waals surface area contributed by atoms with Crippen LogP contribution in [-0.2, 0) is 10.0 Å². The van der Waals surface area contributed by atoms with Crippen LogP contribution in [0, 0.1) is 5.82 Å². The fourth-order valence-corrected chi connectivity index (χ4v) is 4.00. The van der Waals surface area contributed by atoms with E-state index in [1.165, 1.54) is 27.4 Å². The quantitative estimate of drug-likeness (QED) is 0.900. The van der Waals surface area contributed by atoms with Gasteiger partial charge in [0.25, 0.3) is 0 Å². The van der Waals surface area contributed by atoms with E-state index in [1.807, 2.05) is 0 Å². The van der Waals surface area contributed by atoms with Gasteiger partial charge in [-0.3, -0.25) is 4.98 Å². The van der Waals surface area contributed by atoms with Gasteiger partial charge in [-0.05, 0) is 30.3 Å². The van der Waals surface area contributed by atoms with Crippen molar-refractivity contribution in [1.29, 1.82) is 0 Å². The summed E-state index contributed by atoms with van der Waals surface area (Å²) in [7, 11) is -3.77. The molecule has 1 saturated heterocycles. The first-order valence-electron chi connectivity index (χ1n) is 7.68. The molecule has 0 atom stereocenters. The molecule has 25 heavy (non-hydrogen) atoms. The summed E-state index contributed by atoms with van der Waals surface area (Å²) in [5.41, 5.74) is 0.620. The number of hydrogen-bond acceptors (Lipinski definition) is 4. The molecule has 7 nitrogen and oxygen atoms in total. The lowest BCUT2D eigenvalue weighted by Crippen LogP contribution is -2.51. The van der Waals surface area contributed by atoms with Crippen LogP contribution in [0.5, 0.6) is 0 Å². The molecule has 1 N–H and O–H groups in total. The molecule has 1 aliphatic heterocycles. The predicted molar refractivity (Wildman–Crippen MR) is 90.0 cm³/mol. The van der Waals surface area contributed by atoms with Gasteiger partial charge in [0.15, 0.2) is 0 Å². The lowest BCUT2D eigenvalue weighted by atomic mass is 10.3. The highest BCUT2D eigenvalue weighted by molar-refractivity contribution is 7.89. The van der Waals surface area contributed by atoms with Crippen LogP contribution in [0.4, 0.5) is 14.9 Å². The van der Waals surface area contributed by atoms with Crippen LogP contribution in [0.25, 0.3) is 0 Å². The molecule has 0 unspecified atom stereocenters. The number of aromatic nitrogens is 1. The molecule has 2 heterocycles.